The molecule has 0 spiro atoms. The second kappa shape index (κ2) is 5.09. The van der Waals surface area contributed by atoms with Crippen LogP contribution in [0, 0.1) is 17.5 Å². The number of pyridine rings is 1. The van der Waals surface area contributed by atoms with Gasteiger partial charge in [0.05, 0.1) is 22.2 Å². The van der Waals surface area contributed by atoms with Crippen LogP contribution in [0.2, 0.25) is 10.2 Å². The van der Waals surface area contributed by atoms with Gasteiger partial charge in [0.15, 0.2) is 5.65 Å². The van der Waals surface area contributed by atoms with E-state index in [1.165, 1.54) is 6.20 Å². The Morgan fingerprint density at radius 2 is 1.62 bits per heavy atom. The van der Waals surface area contributed by atoms with E-state index in [4.69, 9.17) is 23.2 Å². The van der Waals surface area contributed by atoms with E-state index in [1.54, 1.807) is 0 Å². The summed E-state index contributed by atoms with van der Waals surface area (Å²) < 4.78 is 40.8. The largest absolute Gasteiger partial charge is 0.214 e. The first-order valence-electron chi connectivity index (χ1n) is 5.47. The molecule has 0 saturated heterocycles. The van der Waals surface area contributed by atoms with Gasteiger partial charge >= 0.3 is 0 Å². The third-order valence-electron chi connectivity index (χ3n) is 2.74. The van der Waals surface area contributed by atoms with Crippen molar-refractivity contribution in [3.63, 3.8) is 0 Å². The van der Waals surface area contributed by atoms with Crippen molar-refractivity contribution in [1.82, 2.24) is 20.4 Å². The molecule has 106 valence electrons. The smallest absolute Gasteiger partial charge is 0.188 e. The van der Waals surface area contributed by atoms with Crippen molar-refractivity contribution in [3.8, 4) is 11.1 Å². The number of halogens is 5. The standard InChI is InChI=1S/C12H3Cl2F3N4/c13-10-5-3-18-21-20-12(5)19-11(14)9(10)8-6(16)1-4(15)2-7(8)17/h1-3H. The molecule has 0 radical (unpaired) electrons. The lowest BCUT2D eigenvalue weighted by atomic mass is 10.0. The van der Waals surface area contributed by atoms with Gasteiger partial charge in [-0.3, -0.25) is 0 Å². The highest BCUT2D eigenvalue weighted by Gasteiger charge is 2.22. The minimum atomic E-state index is -1.15. The third-order valence-corrected chi connectivity index (χ3v) is 3.41. The van der Waals surface area contributed by atoms with Crippen LogP contribution in [0.4, 0.5) is 13.2 Å². The van der Waals surface area contributed by atoms with Crippen molar-refractivity contribution >= 4 is 34.2 Å². The Morgan fingerprint density at radius 1 is 0.952 bits per heavy atom. The fourth-order valence-corrected chi connectivity index (χ4v) is 2.50. The van der Waals surface area contributed by atoms with Crippen molar-refractivity contribution < 1.29 is 13.2 Å². The van der Waals surface area contributed by atoms with E-state index in [0.29, 0.717) is 12.1 Å². The summed E-state index contributed by atoms with van der Waals surface area (Å²) in [6, 6.07) is 1.05. The fourth-order valence-electron chi connectivity index (χ4n) is 1.87. The average molecular weight is 331 g/mol. The van der Waals surface area contributed by atoms with Crippen LogP contribution in [-0.4, -0.2) is 20.4 Å². The van der Waals surface area contributed by atoms with Crippen LogP contribution in [0.1, 0.15) is 0 Å². The van der Waals surface area contributed by atoms with E-state index in [1.807, 2.05) is 0 Å². The highest BCUT2D eigenvalue weighted by atomic mass is 35.5. The van der Waals surface area contributed by atoms with Crippen LogP contribution in [0.5, 0.6) is 0 Å². The van der Waals surface area contributed by atoms with Gasteiger partial charge in [0, 0.05) is 17.7 Å². The molecule has 0 aliphatic rings. The predicted molar refractivity (Wildman–Crippen MR) is 70.5 cm³/mol. The second-order valence-electron chi connectivity index (χ2n) is 4.01. The highest BCUT2D eigenvalue weighted by Crippen LogP contribution is 2.39. The van der Waals surface area contributed by atoms with Crippen LogP contribution in [0.15, 0.2) is 18.3 Å². The van der Waals surface area contributed by atoms with Crippen molar-refractivity contribution in [1.29, 1.82) is 0 Å². The maximum absolute atomic E-state index is 13.9. The zero-order valence-corrected chi connectivity index (χ0v) is 11.4. The number of aromatic nitrogens is 4. The summed E-state index contributed by atoms with van der Waals surface area (Å²) in [5.41, 5.74) is -0.695. The quantitative estimate of drug-likeness (QED) is 0.636. The number of hydrogen-bond donors (Lipinski definition) is 0. The fraction of sp³-hybridized carbons (Fsp3) is 0. The predicted octanol–water partition coefficient (Wildman–Crippen LogP) is 3.81. The van der Waals surface area contributed by atoms with Gasteiger partial charge in [-0.25, -0.2) is 18.2 Å². The minimum absolute atomic E-state index is 0.0756. The Balaban J connectivity index is 2.41. The molecule has 2 aromatic heterocycles. The first-order chi connectivity index (χ1) is 9.99. The summed E-state index contributed by atoms with van der Waals surface area (Å²) in [6.07, 6.45) is 1.23. The van der Waals surface area contributed by atoms with E-state index in [-0.39, 0.29) is 26.8 Å². The summed E-state index contributed by atoms with van der Waals surface area (Å²) in [5.74, 6) is -3.35. The summed E-state index contributed by atoms with van der Waals surface area (Å²) >= 11 is 12.0. The Labute approximate surface area is 125 Å². The number of benzene rings is 1. The number of rotatable bonds is 1. The molecule has 0 amide bonds. The first-order valence-corrected chi connectivity index (χ1v) is 6.22. The van der Waals surface area contributed by atoms with E-state index >= 15 is 0 Å². The molecule has 2 heterocycles. The van der Waals surface area contributed by atoms with Crippen molar-refractivity contribution in [2.45, 2.75) is 0 Å². The van der Waals surface area contributed by atoms with Gasteiger partial charge in [0.2, 0.25) is 0 Å². The molecule has 4 nitrogen and oxygen atoms in total. The summed E-state index contributed by atoms with van der Waals surface area (Å²) in [4.78, 5) is 3.86. The molecule has 9 heteroatoms. The Morgan fingerprint density at radius 3 is 2.29 bits per heavy atom. The summed E-state index contributed by atoms with van der Waals surface area (Å²) in [5, 5.41) is 10.3. The van der Waals surface area contributed by atoms with E-state index in [2.05, 4.69) is 20.4 Å². The monoisotopic (exact) mass is 330 g/mol. The zero-order chi connectivity index (χ0) is 15.1. The topological polar surface area (TPSA) is 51.6 Å². The Kier molecular flexibility index (Phi) is 3.38. The van der Waals surface area contributed by atoms with Crippen molar-refractivity contribution in [3.05, 3.63) is 46.0 Å². The van der Waals surface area contributed by atoms with Crippen molar-refractivity contribution in [2.24, 2.45) is 0 Å². The second-order valence-corrected chi connectivity index (χ2v) is 4.74. The maximum Gasteiger partial charge on any atom is 0.188 e. The van der Waals surface area contributed by atoms with Gasteiger partial charge in [-0.15, -0.1) is 10.2 Å². The van der Waals surface area contributed by atoms with Crippen LogP contribution in [0.25, 0.3) is 22.2 Å². The first kappa shape index (κ1) is 14.0. The summed E-state index contributed by atoms with van der Waals surface area (Å²) in [6.45, 7) is 0. The Hall–Kier alpha value is -1.99. The summed E-state index contributed by atoms with van der Waals surface area (Å²) in [7, 11) is 0. The lowest BCUT2D eigenvalue weighted by Crippen LogP contribution is -1.98. The lowest BCUT2D eigenvalue weighted by Gasteiger charge is -2.10. The van der Waals surface area contributed by atoms with E-state index in [9.17, 15) is 13.2 Å². The molecule has 1 aromatic carbocycles. The molecular formula is C12H3Cl2F3N4. The molecule has 0 atom stereocenters. The normalized spacial score (nSPS) is 11.1. The minimum Gasteiger partial charge on any atom is -0.214 e. The lowest BCUT2D eigenvalue weighted by molar-refractivity contribution is 0.548. The van der Waals surface area contributed by atoms with Crippen LogP contribution < -0.4 is 0 Å². The number of fused-ring (bicyclic) bond motifs is 1. The van der Waals surface area contributed by atoms with E-state index < -0.39 is 23.0 Å². The van der Waals surface area contributed by atoms with Gasteiger partial charge in [0.1, 0.15) is 22.6 Å². The van der Waals surface area contributed by atoms with Gasteiger partial charge in [-0.2, -0.15) is 0 Å². The van der Waals surface area contributed by atoms with Gasteiger partial charge in [0.25, 0.3) is 0 Å². The number of hydrogen-bond acceptors (Lipinski definition) is 4. The highest BCUT2D eigenvalue weighted by molar-refractivity contribution is 6.42. The average Bonchev–Trinajstić information content (AvgIpc) is 2.41. The van der Waals surface area contributed by atoms with Gasteiger partial charge < -0.3 is 0 Å². The molecule has 0 bridgehead atoms. The van der Waals surface area contributed by atoms with Gasteiger partial charge in [-0.1, -0.05) is 23.2 Å². The van der Waals surface area contributed by atoms with Crippen LogP contribution in [-0.2, 0) is 0 Å². The molecular weight excluding hydrogens is 328 g/mol. The van der Waals surface area contributed by atoms with Gasteiger partial charge in [-0.05, 0) is 5.21 Å². The van der Waals surface area contributed by atoms with Crippen LogP contribution in [0.3, 0.4) is 0 Å². The van der Waals surface area contributed by atoms with E-state index in [0.717, 1.165) is 0 Å². The molecule has 21 heavy (non-hydrogen) atoms. The SMILES string of the molecule is Fc1cc(F)c(-c2c(Cl)nc3nnncc3c2Cl)c(F)c1. The van der Waals surface area contributed by atoms with Crippen LogP contribution >= 0.6 is 23.2 Å². The Bertz CT molecular complexity index is 849. The molecule has 0 fully saturated rings. The molecule has 0 aliphatic heterocycles. The molecule has 3 aromatic rings. The molecule has 0 saturated carbocycles. The van der Waals surface area contributed by atoms with Crippen molar-refractivity contribution in [2.75, 3.05) is 0 Å². The molecule has 3 rings (SSSR count). The molecule has 0 N–H and O–H groups in total. The third kappa shape index (κ3) is 2.28. The molecule has 0 unspecified atom stereocenters. The zero-order valence-electron chi connectivity index (χ0n) is 9.91. The maximum atomic E-state index is 13.9. The number of nitrogens with zero attached hydrogens (tertiary/aromatic N) is 4. The molecule has 0 aliphatic carbocycles.